The summed E-state index contributed by atoms with van der Waals surface area (Å²) in [6.45, 7) is 1.49. The van der Waals surface area contributed by atoms with Gasteiger partial charge >= 0.3 is 0 Å². The lowest BCUT2D eigenvalue weighted by molar-refractivity contribution is 0.0686. The summed E-state index contributed by atoms with van der Waals surface area (Å²) in [6.07, 6.45) is 6.27. The SMILES string of the molecule is O=C(c1nccc2ccccc12)N1CCC(Cc2nncn2-c2ccccc2)CC1. The number of pyridine rings is 1. The van der Waals surface area contributed by atoms with Crippen molar-refractivity contribution in [3.63, 3.8) is 0 Å². The Morgan fingerprint density at radius 1 is 0.967 bits per heavy atom. The molecule has 1 amide bonds. The van der Waals surface area contributed by atoms with Gasteiger partial charge in [-0.2, -0.15) is 0 Å². The molecule has 0 aliphatic carbocycles. The molecule has 2 aromatic heterocycles. The zero-order chi connectivity index (χ0) is 20.3. The van der Waals surface area contributed by atoms with Crippen LogP contribution in [0.1, 0.15) is 29.2 Å². The molecule has 0 radical (unpaired) electrons. The second kappa shape index (κ2) is 8.06. The molecule has 6 nitrogen and oxygen atoms in total. The van der Waals surface area contributed by atoms with Crippen molar-refractivity contribution >= 4 is 16.7 Å². The Labute approximate surface area is 175 Å². The van der Waals surface area contributed by atoms with Crippen LogP contribution >= 0.6 is 0 Å². The van der Waals surface area contributed by atoms with E-state index in [-0.39, 0.29) is 5.91 Å². The molecule has 1 aliphatic heterocycles. The van der Waals surface area contributed by atoms with Gasteiger partial charge in [-0.15, -0.1) is 10.2 Å². The minimum absolute atomic E-state index is 0.0257. The summed E-state index contributed by atoms with van der Waals surface area (Å²) in [6, 6.07) is 20.0. The summed E-state index contributed by atoms with van der Waals surface area (Å²) in [4.78, 5) is 19.4. The standard InChI is InChI=1S/C24H23N5O/c30-24(23-21-9-5-4-6-19(21)10-13-25-23)28-14-11-18(12-15-28)16-22-27-26-17-29(22)20-7-2-1-3-8-20/h1-10,13,17-18H,11-12,14-16H2. The van der Waals surface area contributed by atoms with Gasteiger partial charge in [0.05, 0.1) is 0 Å². The summed E-state index contributed by atoms with van der Waals surface area (Å²) in [5.41, 5.74) is 1.63. The van der Waals surface area contributed by atoms with Crippen LogP contribution in [-0.2, 0) is 6.42 Å². The fraction of sp³-hybridized carbons (Fsp3) is 0.250. The Morgan fingerprint density at radius 3 is 2.57 bits per heavy atom. The van der Waals surface area contributed by atoms with E-state index in [0.29, 0.717) is 11.6 Å². The molecule has 0 bridgehead atoms. The molecule has 3 heterocycles. The monoisotopic (exact) mass is 397 g/mol. The number of amides is 1. The Morgan fingerprint density at radius 2 is 1.73 bits per heavy atom. The first-order valence-electron chi connectivity index (χ1n) is 10.4. The molecule has 0 unspecified atom stereocenters. The van der Waals surface area contributed by atoms with Crippen molar-refractivity contribution in [3.8, 4) is 5.69 Å². The van der Waals surface area contributed by atoms with Crippen molar-refractivity contribution in [2.24, 2.45) is 5.92 Å². The molecular weight excluding hydrogens is 374 g/mol. The number of hydrogen-bond acceptors (Lipinski definition) is 4. The zero-order valence-electron chi connectivity index (χ0n) is 16.7. The molecule has 0 spiro atoms. The number of rotatable bonds is 4. The van der Waals surface area contributed by atoms with Crippen LogP contribution in [0.25, 0.3) is 16.5 Å². The fourth-order valence-electron chi connectivity index (χ4n) is 4.24. The van der Waals surface area contributed by atoms with Gasteiger partial charge in [0.2, 0.25) is 0 Å². The molecule has 1 saturated heterocycles. The van der Waals surface area contributed by atoms with E-state index in [0.717, 1.165) is 54.6 Å². The van der Waals surface area contributed by atoms with Crippen LogP contribution in [0.4, 0.5) is 0 Å². The van der Waals surface area contributed by atoms with Gasteiger partial charge in [-0.25, -0.2) is 0 Å². The van der Waals surface area contributed by atoms with E-state index in [1.807, 2.05) is 53.4 Å². The summed E-state index contributed by atoms with van der Waals surface area (Å²) in [7, 11) is 0. The minimum Gasteiger partial charge on any atom is -0.337 e. The molecule has 1 aliphatic rings. The van der Waals surface area contributed by atoms with Gasteiger partial charge in [-0.1, -0.05) is 42.5 Å². The third-order valence-corrected chi connectivity index (χ3v) is 5.90. The molecule has 5 rings (SSSR count). The highest BCUT2D eigenvalue weighted by Gasteiger charge is 2.26. The van der Waals surface area contributed by atoms with Crippen LogP contribution in [0.2, 0.25) is 0 Å². The average molecular weight is 397 g/mol. The highest BCUT2D eigenvalue weighted by atomic mass is 16.2. The predicted molar refractivity (Wildman–Crippen MR) is 115 cm³/mol. The van der Waals surface area contributed by atoms with Crippen LogP contribution in [0.3, 0.4) is 0 Å². The number of para-hydroxylation sites is 1. The maximum absolute atomic E-state index is 13.1. The van der Waals surface area contributed by atoms with Crippen LogP contribution in [0, 0.1) is 5.92 Å². The van der Waals surface area contributed by atoms with E-state index in [2.05, 4.69) is 31.9 Å². The van der Waals surface area contributed by atoms with Gasteiger partial charge < -0.3 is 4.90 Å². The van der Waals surface area contributed by atoms with Gasteiger partial charge in [0, 0.05) is 36.8 Å². The molecule has 30 heavy (non-hydrogen) atoms. The van der Waals surface area contributed by atoms with Crippen LogP contribution in [0.5, 0.6) is 0 Å². The zero-order valence-corrected chi connectivity index (χ0v) is 16.7. The number of likely N-dealkylation sites (tertiary alicyclic amines) is 1. The van der Waals surface area contributed by atoms with E-state index in [1.165, 1.54) is 0 Å². The highest BCUT2D eigenvalue weighted by molar-refractivity contribution is 6.05. The normalized spacial score (nSPS) is 14.9. The minimum atomic E-state index is 0.0257. The van der Waals surface area contributed by atoms with Crippen molar-refractivity contribution < 1.29 is 4.79 Å². The highest BCUT2D eigenvalue weighted by Crippen LogP contribution is 2.25. The second-order valence-corrected chi connectivity index (χ2v) is 7.77. The van der Waals surface area contributed by atoms with E-state index in [9.17, 15) is 4.79 Å². The lowest BCUT2D eigenvalue weighted by atomic mass is 9.93. The molecule has 2 aromatic carbocycles. The lowest BCUT2D eigenvalue weighted by Crippen LogP contribution is -2.39. The van der Waals surface area contributed by atoms with Gasteiger partial charge in [0.15, 0.2) is 0 Å². The first-order chi connectivity index (χ1) is 14.8. The van der Waals surface area contributed by atoms with Gasteiger partial charge in [0.25, 0.3) is 5.91 Å². The Kier molecular flexibility index (Phi) is 4.97. The van der Waals surface area contributed by atoms with E-state index < -0.39 is 0 Å². The molecule has 0 N–H and O–H groups in total. The number of piperidine rings is 1. The fourth-order valence-corrected chi connectivity index (χ4v) is 4.24. The topological polar surface area (TPSA) is 63.9 Å². The van der Waals surface area contributed by atoms with Gasteiger partial charge in [-0.05, 0) is 42.3 Å². The third-order valence-electron chi connectivity index (χ3n) is 5.90. The van der Waals surface area contributed by atoms with Crippen LogP contribution in [-0.4, -0.2) is 43.6 Å². The Balaban J connectivity index is 1.26. The summed E-state index contributed by atoms with van der Waals surface area (Å²) in [5.74, 6) is 1.49. The number of carbonyl (C=O) groups excluding carboxylic acids is 1. The number of nitrogens with zero attached hydrogens (tertiary/aromatic N) is 5. The van der Waals surface area contributed by atoms with E-state index in [1.54, 1.807) is 12.5 Å². The molecular formula is C24H23N5O. The van der Waals surface area contributed by atoms with Crippen LogP contribution < -0.4 is 0 Å². The summed E-state index contributed by atoms with van der Waals surface area (Å²) in [5, 5.41) is 10.4. The van der Waals surface area contributed by atoms with Crippen LogP contribution in [0.15, 0.2) is 73.2 Å². The van der Waals surface area contributed by atoms with E-state index >= 15 is 0 Å². The van der Waals surface area contributed by atoms with Crippen molar-refractivity contribution in [2.75, 3.05) is 13.1 Å². The summed E-state index contributed by atoms with van der Waals surface area (Å²) < 4.78 is 2.05. The lowest BCUT2D eigenvalue weighted by Gasteiger charge is -2.31. The van der Waals surface area contributed by atoms with E-state index in [4.69, 9.17) is 0 Å². The number of hydrogen-bond donors (Lipinski definition) is 0. The Hall–Kier alpha value is -3.54. The van der Waals surface area contributed by atoms with Crippen molar-refractivity contribution in [3.05, 3.63) is 84.7 Å². The number of aromatic nitrogens is 4. The average Bonchev–Trinajstić information content (AvgIpc) is 3.27. The number of fused-ring (bicyclic) bond motifs is 1. The number of benzene rings is 2. The van der Waals surface area contributed by atoms with Crippen molar-refractivity contribution in [1.82, 2.24) is 24.6 Å². The number of carbonyl (C=O) groups is 1. The Bertz CT molecular complexity index is 1160. The molecule has 1 fully saturated rings. The van der Waals surface area contributed by atoms with Crippen molar-refractivity contribution in [2.45, 2.75) is 19.3 Å². The first-order valence-corrected chi connectivity index (χ1v) is 10.4. The third kappa shape index (κ3) is 3.56. The largest absolute Gasteiger partial charge is 0.337 e. The molecule has 150 valence electrons. The maximum atomic E-state index is 13.1. The molecule has 0 atom stereocenters. The van der Waals surface area contributed by atoms with Crippen molar-refractivity contribution in [1.29, 1.82) is 0 Å². The second-order valence-electron chi connectivity index (χ2n) is 7.77. The first kappa shape index (κ1) is 18.5. The van der Waals surface area contributed by atoms with Gasteiger partial charge in [0.1, 0.15) is 17.8 Å². The smallest absolute Gasteiger partial charge is 0.273 e. The summed E-state index contributed by atoms with van der Waals surface area (Å²) >= 11 is 0. The van der Waals surface area contributed by atoms with Gasteiger partial charge in [-0.3, -0.25) is 14.3 Å². The maximum Gasteiger partial charge on any atom is 0.273 e. The molecule has 4 aromatic rings. The quantitative estimate of drug-likeness (QED) is 0.524. The predicted octanol–water partition coefficient (Wildman–Crippen LogP) is 3.91. The molecule has 0 saturated carbocycles. The molecule has 6 heteroatoms.